The summed E-state index contributed by atoms with van der Waals surface area (Å²) in [6, 6.07) is 0. The molecule has 0 aromatic rings. The summed E-state index contributed by atoms with van der Waals surface area (Å²) >= 11 is 1.72. The number of carboxylic acid groups (broad SMARTS) is 1. The zero-order valence-corrected chi connectivity index (χ0v) is 11.8. The first-order valence-corrected chi connectivity index (χ1v) is 7.66. The van der Waals surface area contributed by atoms with Crippen LogP contribution in [0, 0.1) is 11.3 Å². The van der Waals surface area contributed by atoms with Gasteiger partial charge in [0, 0.05) is 13.1 Å². The number of nitrogens with zero attached hydrogens (tertiary/aromatic N) is 1. The quantitative estimate of drug-likeness (QED) is 0.851. The molecule has 2 unspecified atom stereocenters. The normalized spacial score (nSPS) is 32.2. The van der Waals surface area contributed by atoms with Gasteiger partial charge in [-0.1, -0.05) is 13.8 Å². The smallest absolute Gasteiger partial charge is 0.311 e. The molecule has 2 rings (SSSR count). The largest absolute Gasteiger partial charge is 0.481 e. The summed E-state index contributed by atoms with van der Waals surface area (Å²) in [7, 11) is 0. The molecule has 2 aliphatic rings. The molecule has 4 nitrogen and oxygen atoms in total. The molecule has 18 heavy (non-hydrogen) atoms. The summed E-state index contributed by atoms with van der Waals surface area (Å²) in [6.45, 7) is 4.86. The van der Waals surface area contributed by atoms with Gasteiger partial charge < -0.3 is 10.0 Å². The molecule has 2 fully saturated rings. The first-order chi connectivity index (χ1) is 8.47. The van der Waals surface area contributed by atoms with Crippen molar-refractivity contribution in [3.05, 3.63) is 0 Å². The van der Waals surface area contributed by atoms with Crippen LogP contribution in [0.3, 0.4) is 0 Å². The second kappa shape index (κ2) is 5.11. The number of aliphatic carboxylic acids is 1. The Kier molecular flexibility index (Phi) is 3.90. The van der Waals surface area contributed by atoms with Crippen LogP contribution < -0.4 is 0 Å². The van der Waals surface area contributed by atoms with Crippen molar-refractivity contribution in [2.24, 2.45) is 11.3 Å². The van der Waals surface area contributed by atoms with Crippen molar-refractivity contribution in [3.8, 4) is 0 Å². The Morgan fingerprint density at radius 2 is 2.17 bits per heavy atom. The van der Waals surface area contributed by atoms with E-state index in [1.54, 1.807) is 16.7 Å². The number of thioether (sulfide) groups is 1. The van der Waals surface area contributed by atoms with Crippen LogP contribution in [0.5, 0.6) is 0 Å². The molecule has 0 saturated carbocycles. The minimum absolute atomic E-state index is 0.0593. The van der Waals surface area contributed by atoms with Gasteiger partial charge in [-0.05, 0) is 30.9 Å². The third kappa shape index (κ3) is 2.25. The fourth-order valence-corrected chi connectivity index (χ4v) is 4.13. The average Bonchev–Trinajstić information content (AvgIpc) is 2.98. The van der Waals surface area contributed by atoms with E-state index < -0.39 is 11.4 Å². The first-order valence-electron chi connectivity index (χ1n) is 6.61. The number of amides is 1. The van der Waals surface area contributed by atoms with Gasteiger partial charge in [0.15, 0.2) is 0 Å². The predicted molar refractivity (Wildman–Crippen MR) is 71.6 cm³/mol. The van der Waals surface area contributed by atoms with Crippen molar-refractivity contribution in [3.63, 3.8) is 0 Å². The van der Waals surface area contributed by atoms with Crippen LogP contribution in [-0.4, -0.2) is 46.0 Å². The summed E-state index contributed by atoms with van der Waals surface area (Å²) in [5.74, 6) is 0.510. The zero-order chi connectivity index (χ0) is 13.3. The van der Waals surface area contributed by atoms with Gasteiger partial charge in [0.1, 0.15) is 0 Å². The molecular formula is C13H21NO3S. The number of likely N-dealkylation sites (tertiary alicyclic amines) is 1. The molecule has 0 aromatic carbocycles. The van der Waals surface area contributed by atoms with Crippen LogP contribution in [0.2, 0.25) is 0 Å². The third-order valence-corrected chi connectivity index (χ3v) is 5.71. The SMILES string of the molecule is CC(C)C1(C(=O)O)CCN(C(=O)C2CCCS2)C1. The molecule has 2 heterocycles. The maximum atomic E-state index is 12.3. The molecule has 2 saturated heterocycles. The minimum atomic E-state index is -0.758. The zero-order valence-electron chi connectivity index (χ0n) is 11.0. The Morgan fingerprint density at radius 3 is 2.61 bits per heavy atom. The van der Waals surface area contributed by atoms with Crippen LogP contribution in [0.25, 0.3) is 0 Å². The molecule has 2 atom stereocenters. The van der Waals surface area contributed by atoms with Gasteiger partial charge in [0.05, 0.1) is 10.7 Å². The van der Waals surface area contributed by atoms with Crippen molar-refractivity contribution in [1.82, 2.24) is 4.90 Å². The second-order valence-corrected chi connectivity index (χ2v) is 6.94. The third-order valence-electron chi connectivity index (χ3n) is 4.35. The molecule has 0 radical (unpaired) electrons. The fourth-order valence-electron chi connectivity index (χ4n) is 2.89. The highest BCUT2D eigenvalue weighted by molar-refractivity contribution is 8.00. The van der Waals surface area contributed by atoms with Crippen molar-refractivity contribution >= 4 is 23.6 Å². The second-order valence-electron chi connectivity index (χ2n) is 5.63. The Balaban J connectivity index is 2.06. The van der Waals surface area contributed by atoms with Crippen molar-refractivity contribution in [2.45, 2.75) is 38.4 Å². The Hall–Kier alpha value is -0.710. The highest BCUT2D eigenvalue weighted by Gasteiger charge is 2.49. The van der Waals surface area contributed by atoms with Gasteiger partial charge in [-0.15, -0.1) is 11.8 Å². The van der Waals surface area contributed by atoms with Gasteiger partial charge in [-0.25, -0.2) is 0 Å². The number of carbonyl (C=O) groups is 2. The van der Waals surface area contributed by atoms with E-state index in [0.29, 0.717) is 19.5 Å². The van der Waals surface area contributed by atoms with Gasteiger partial charge >= 0.3 is 5.97 Å². The number of carboxylic acids is 1. The highest BCUT2D eigenvalue weighted by Crippen LogP contribution is 2.39. The number of hydrogen-bond donors (Lipinski definition) is 1. The van der Waals surface area contributed by atoms with E-state index in [0.717, 1.165) is 18.6 Å². The molecule has 0 aromatic heterocycles. The van der Waals surface area contributed by atoms with E-state index in [1.165, 1.54) is 0 Å². The molecule has 1 amide bonds. The number of carbonyl (C=O) groups excluding carboxylic acids is 1. The van der Waals surface area contributed by atoms with Gasteiger partial charge in [0.25, 0.3) is 0 Å². The first kappa shape index (κ1) is 13.7. The molecule has 0 aliphatic carbocycles. The topological polar surface area (TPSA) is 57.6 Å². The lowest BCUT2D eigenvalue weighted by molar-refractivity contribution is -0.151. The Bertz CT molecular complexity index is 352. The summed E-state index contributed by atoms with van der Waals surface area (Å²) in [5, 5.41) is 9.53. The minimum Gasteiger partial charge on any atom is -0.481 e. The lowest BCUT2D eigenvalue weighted by Crippen LogP contribution is -2.42. The monoisotopic (exact) mass is 271 g/mol. The van der Waals surface area contributed by atoms with Gasteiger partial charge in [-0.2, -0.15) is 0 Å². The van der Waals surface area contributed by atoms with Crippen LogP contribution in [0.4, 0.5) is 0 Å². The summed E-state index contributed by atoms with van der Waals surface area (Å²) < 4.78 is 0. The summed E-state index contributed by atoms with van der Waals surface area (Å²) in [4.78, 5) is 25.6. The summed E-state index contributed by atoms with van der Waals surface area (Å²) in [5.41, 5.74) is -0.737. The molecule has 0 spiro atoms. The molecule has 102 valence electrons. The number of rotatable bonds is 3. The Morgan fingerprint density at radius 1 is 1.44 bits per heavy atom. The lowest BCUT2D eigenvalue weighted by atomic mass is 9.76. The highest BCUT2D eigenvalue weighted by atomic mass is 32.2. The molecule has 1 N–H and O–H groups in total. The van der Waals surface area contributed by atoms with Crippen molar-refractivity contribution < 1.29 is 14.7 Å². The van der Waals surface area contributed by atoms with Crippen molar-refractivity contribution in [1.29, 1.82) is 0 Å². The Labute approximate surface area is 112 Å². The molecule has 2 aliphatic heterocycles. The maximum Gasteiger partial charge on any atom is 0.311 e. The standard InChI is InChI=1S/C13H21NO3S/c1-9(2)13(12(16)17)5-6-14(8-13)11(15)10-4-3-7-18-10/h9-10H,3-8H2,1-2H3,(H,16,17). The van der Waals surface area contributed by atoms with E-state index >= 15 is 0 Å². The fraction of sp³-hybridized carbons (Fsp3) is 0.846. The van der Waals surface area contributed by atoms with E-state index in [4.69, 9.17) is 0 Å². The van der Waals surface area contributed by atoms with E-state index in [-0.39, 0.29) is 17.1 Å². The average molecular weight is 271 g/mol. The molecule has 0 bridgehead atoms. The van der Waals surface area contributed by atoms with Crippen LogP contribution >= 0.6 is 11.8 Å². The summed E-state index contributed by atoms with van der Waals surface area (Å²) in [6.07, 6.45) is 2.63. The van der Waals surface area contributed by atoms with Gasteiger partial charge in [-0.3, -0.25) is 9.59 Å². The van der Waals surface area contributed by atoms with Crippen LogP contribution in [0.15, 0.2) is 0 Å². The number of hydrogen-bond acceptors (Lipinski definition) is 3. The van der Waals surface area contributed by atoms with Crippen molar-refractivity contribution in [2.75, 3.05) is 18.8 Å². The maximum absolute atomic E-state index is 12.3. The predicted octanol–water partition coefficient (Wildman–Crippen LogP) is 1.84. The van der Waals surface area contributed by atoms with E-state index in [1.807, 2.05) is 13.8 Å². The van der Waals surface area contributed by atoms with E-state index in [9.17, 15) is 14.7 Å². The molecular weight excluding hydrogens is 250 g/mol. The molecule has 5 heteroatoms. The lowest BCUT2D eigenvalue weighted by Gasteiger charge is -2.29. The van der Waals surface area contributed by atoms with Crippen LogP contribution in [0.1, 0.15) is 33.1 Å². The van der Waals surface area contributed by atoms with Crippen LogP contribution in [-0.2, 0) is 9.59 Å². The van der Waals surface area contributed by atoms with E-state index in [2.05, 4.69) is 0 Å². The van der Waals surface area contributed by atoms with Gasteiger partial charge in [0.2, 0.25) is 5.91 Å².